The highest BCUT2D eigenvalue weighted by molar-refractivity contribution is 6.33. The Morgan fingerprint density at radius 1 is 1.29 bits per heavy atom. The summed E-state index contributed by atoms with van der Waals surface area (Å²) in [4.78, 5) is 25.9. The van der Waals surface area contributed by atoms with Gasteiger partial charge in [-0.25, -0.2) is 0 Å². The van der Waals surface area contributed by atoms with Crippen molar-refractivity contribution in [1.29, 1.82) is 0 Å². The third-order valence-electron chi connectivity index (χ3n) is 3.63. The average Bonchev–Trinajstić information content (AvgIpc) is 2.46. The van der Waals surface area contributed by atoms with Crippen LogP contribution in [0.1, 0.15) is 44.5 Å². The Morgan fingerprint density at radius 2 is 1.90 bits per heavy atom. The molecule has 116 valence electrons. The van der Waals surface area contributed by atoms with Gasteiger partial charge in [-0.2, -0.15) is 0 Å². The lowest BCUT2D eigenvalue weighted by molar-refractivity contribution is -0.119. The van der Waals surface area contributed by atoms with Gasteiger partial charge in [0, 0.05) is 24.6 Å². The molecule has 2 amide bonds. The van der Waals surface area contributed by atoms with Crippen LogP contribution in [0.3, 0.4) is 0 Å². The van der Waals surface area contributed by atoms with E-state index in [9.17, 15) is 9.59 Å². The number of benzene rings is 1. The number of carbonyl (C=O) groups is 2. The summed E-state index contributed by atoms with van der Waals surface area (Å²) in [5.74, 6) is -0.291. The molecule has 1 aromatic rings. The first-order chi connectivity index (χ1) is 9.77. The third-order valence-corrected chi connectivity index (χ3v) is 3.96. The molecule has 21 heavy (non-hydrogen) atoms. The number of nitrogens with zero attached hydrogens (tertiary/aromatic N) is 1. The molecule has 0 aliphatic carbocycles. The zero-order chi connectivity index (χ0) is 16.2. The molecule has 1 rings (SSSR count). The van der Waals surface area contributed by atoms with Crippen LogP contribution in [0, 0.1) is 5.92 Å². The third kappa shape index (κ3) is 4.46. The van der Waals surface area contributed by atoms with E-state index < -0.39 is 0 Å². The number of anilines is 1. The van der Waals surface area contributed by atoms with Gasteiger partial charge >= 0.3 is 0 Å². The number of hydrogen-bond acceptors (Lipinski definition) is 2. The summed E-state index contributed by atoms with van der Waals surface area (Å²) in [5, 5.41) is 3.21. The van der Waals surface area contributed by atoms with Gasteiger partial charge in [0.1, 0.15) is 0 Å². The summed E-state index contributed by atoms with van der Waals surface area (Å²) in [7, 11) is 1.75. The molecule has 0 heterocycles. The fourth-order valence-corrected chi connectivity index (χ4v) is 1.80. The van der Waals surface area contributed by atoms with Crippen molar-refractivity contribution in [3.05, 3.63) is 28.8 Å². The molecule has 5 heteroatoms. The number of nitrogens with one attached hydrogen (secondary N) is 1. The molecule has 0 radical (unpaired) electrons. The van der Waals surface area contributed by atoms with Crippen LogP contribution in [-0.2, 0) is 4.79 Å². The van der Waals surface area contributed by atoms with E-state index in [-0.39, 0.29) is 23.8 Å². The van der Waals surface area contributed by atoms with Crippen molar-refractivity contribution in [3.8, 4) is 0 Å². The summed E-state index contributed by atoms with van der Waals surface area (Å²) in [5.41, 5.74) is 0.986. The number of carbonyl (C=O) groups excluding carboxylic acids is 2. The minimum Gasteiger partial charge on any atom is -0.339 e. The molecule has 0 bridgehead atoms. The molecule has 1 atom stereocenters. The van der Waals surface area contributed by atoms with Gasteiger partial charge in [0.25, 0.3) is 5.91 Å². The van der Waals surface area contributed by atoms with Crippen molar-refractivity contribution in [2.45, 2.75) is 40.2 Å². The van der Waals surface area contributed by atoms with Crippen LogP contribution in [0.4, 0.5) is 5.69 Å². The number of hydrogen-bond donors (Lipinski definition) is 1. The van der Waals surface area contributed by atoms with Crippen LogP contribution < -0.4 is 5.32 Å². The average molecular weight is 311 g/mol. The lowest BCUT2D eigenvalue weighted by Crippen LogP contribution is -2.33. The topological polar surface area (TPSA) is 49.4 Å². The van der Waals surface area contributed by atoms with Crippen LogP contribution in [0.2, 0.25) is 5.02 Å². The van der Waals surface area contributed by atoms with Gasteiger partial charge in [0.2, 0.25) is 5.91 Å². The monoisotopic (exact) mass is 310 g/mol. The summed E-state index contributed by atoms with van der Waals surface area (Å²) in [6, 6.07) is 5.04. The molecule has 0 saturated carbocycles. The van der Waals surface area contributed by atoms with E-state index in [1.165, 1.54) is 0 Å². The second-order valence-electron chi connectivity index (χ2n) is 5.50. The lowest BCUT2D eigenvalue weighted by Gasteiger charge is -2.22. The number of rotatable bonds is 5. The van der Waals surface area contributed by atoms with Gasteiger partial charge in [0.05, 0.1) is 10.7 Å². The fourth-order valence-electron chi connectivity index (χ4n) is 1.63. The number of halogens is 1. The Morgan fingerprint density at radius 3 is 2.43 bits per heavy atom. The van der Waals surface area contributed by atoms with Gasteiger partial charge in [-0.15, -0.1) is 0 Å². The van der Waals surface area contributed by atoms with E-state index in [2.05, 4.69) is 5.32 Å². The summed E-state index contributed by atoms with van der Waals surface area (Å²) < 4.78 is 0. The van der Waals surface area contributed by atoms with Crippen molar-refractivity contribution >= 4 is 29.1 Å². The first-order valence-corrected chi connectivity index (χ1v) is 7.53. The van der Waals surface area contributed by atoms with E-state index >= 15 is 0 Å². The van der Waals surface area contributed by atoms with Crippen LogP contribution in [0.25, 0.3) is 0 Å². The zero-order valence-corrected chi connectivity index (χ0v) is 14.0. The normalized spacial score (nSPS) is 12.1. The van der Waals surface area contributed by atoms with E-state index in [1.54, 1.807) is 30.1 Å². The van der Waals surface area contributed by atoms with Crippen LogP contribution >= 0.6 is 11.6 Å². The van der Waals surface area contributed by atoms with Crippen molar-refractivity contribution in [2.75, 3.05) is 12.4 Å². The Hall–Kier alpha value is -1.55. The second-order valence-corrected chi connectivity index (χ2v) is 5.91. The van der Waals surface area contributed by atoms with E-state index in [0.717, 1.165) is 6.42 Å². The van der Waals surface area contributed by atoms with E-state index in [1.807, 2.05) is 27.7 Å². The molecule has 0 spiro atoms. The molecule has 0 aliphatic heterocycles. The Bertz CT molecular complexity index is 529. The highest BCUT2D eigenvalue weighted by Crippen LogP contribution is 2.24. The minimum absolute atomic E-state index is 0.0961. The lowest BCUT2D eigenvalue weighted by atomic mass is 10.1. The molecule has 0 aromatic heterocycles. The molecule has 0 aliphatic rings. The quantitative estimate of drug-likeness (QED) is 0.899. The molecule has 1 N–H and O–H groups in total. The largest absolute Gasteiger partial charge is 0.339 e. The predicted molar refractivity (Wildman–Crippen MR) is 86.8 cm³/mol. The Balaban J connectivity index is 3.00. The van der Waals surface area contributed by atoms with E-state index in [4.69, 9.17) is 11.6 Å². The maximum Gasteiger partial charge on any atom is 0.253 e. The molecule has 0 saturated heterocycles. The molecule has 4 nitrogen and oxygen atoms in total. The van der Waals surface area contributed by atoms with E-state index in [0.29, 0.717) is 16.3 Å². The van der Waals surface area contributed by atoms with Gasteiger partial charge in [-0.05, 0) is 38.5 Å². The van der Waals surface area contributed by atoms with Crippen LogP contribution in [0.15, 0.2) is 18.2 Å². The maximum absolute atomic E-state index is 12.3. The molecule has 0 unspecified atom stereocenters. The molecular weight excluding hydrogens is 288 g/mol. The first-order valence-electron chi connectivity index (χ1n) is 7.15. The minimum atomic E-state index is -0.0984. The maximum atomic E-state index is 12.3. The first kappa shape index (κ1) is 17.5. The Kier molecular flexibility index (Phi) is 6.21. The highest BCUT2D eigenvalue weighted by Gasteiger charge is 2.17. The molecular formula is C16H23ClN2O2. The number of amides is 2. The highest BCUT2D eigenvalue weighted by atomic mass is 35.5. The summed E-state index contributed by atoms with van der Waals surface area (Å²) in [6.07, 6.45) is 0.748. The van der Waals surface area contributed by atoms with Gasteiger partial charge in [-0.1, -0.05) is 25.4 Å². The second kappa shape index (κ2) is 7.46. The zero-order valence-electron chi connectivity index (χ0n) is 13.2. The van der Waals surface area contributed by atoms with Gasteiger partial charge in [-0.3, -0.25) is 9.59 Å². The predicted octanol–water partition coefficient (Wildman–Crippen LogP) is 3.81. The standard InChI is InChI=1S/C16H23ClN2O2/c1-6-11(4)15(20)18-14-9-12(7-8-13(14)17)16(21)19(5)10(2)3/h7-11H,6H2,1-5H3,(H,18,20)/t11-/m0/s1. The summed E-state index contributed by atoms with van der Waals surface area (Å²) in [6.45, 7) is 7.69. The van der Waals surface area contributed by atoms with Crippen molar-refractivity contribution in [2.24, 2.45) is 5.92 Å². The van der Waals surface area contributed by atoms with Crippen LogP contribution in [0.5, 0.6) is 0 Å². The SMILES string of the molecule is CC[C@H](C)C(=O)Nc1cc(C(=O)N(C)C(C)C)ccc1Cl. The Labute approximate surface area is 131 Å². The summed E-state index contributed by atoms with van der Waals surface area (Å²) >= 11 is 6.10. The van der Waals surface area contributed by atoms with Crippen molar-refractivity contribution in [3.63, 3.8) is 0 Å². The fraction of sp³-hybridized carbons (Fsp3) is 0.500. The van der Waals surface area contributed by atoms with Crippen molar-refractivity contribution < 1.29 is 9.59 Å². The smallest absolute Gasteiger partial charge is 0.253 e. The van der Waals surface area contributed by atoms with Gasteiger partial charge in [0.15, 0.2) is 0 Å². The van der Waals surface area contributed by atoms with Gasteiger partial charge < -0.3 is 10.2 Å². The molecule has 0 fully saturated rings. The van der Waals surface area contributed by atoms with Crippen LogP contribution in [-0.4, -0.2) is 29.8 Å². The molecule has 1 aromatic carbocycles. The van der Waals surface area contributed by atoms with Crippen molar-refractivity contribution in [1.82, 2.24) is 4.90 Å².